The van der Waals surface area contributed by atoms with Crippen LogP contribution in [-0.2, 0) is 10.3 Å². The Morgan fingerprint density at radius 2 is 1.85 bits per heavy atom. The molecular weight excluding hydrogens is 497 g/mol. The largest absolute Gasteiger partial charge is 0.373 e. The third kappa shape index (κ3) is 5.89. The van der Waals surface area contributed by atoms with E-state index in [-0.39, 0.29) is 26.5 Å². The lowest BCUT2D eigenvalue weighted by molar-refractivity contribution is -0.107. The molecule has 1 saturated heterocycles. The summed E-state index contributed by atoms with van der Waals surface area (Å²) in [5.74, 6) is -1.18. The average Bonchev–Trinajstić information content (AvgIpc) is 2.77. The van der Waals surface area contributed by atoms with E-state index >= 15 is 0 Å². The van der Waals surface area contributed by atoms with Gasteiger partial charge in [-0.2, -0.15) is 0 Å². The molecule has 3 aromatic rings. The summed E-state index contributed by atoms with van der Waals surface area (Å²) in [7, 11) is 0. The molecule has 0 aliphatic carbocycles. The maximum Gasteiger partial charge on any atom is 0.258 e. The Morgan fingerprint density at radius 1 is 1.21 bits per heavy atom. The standard InChI is InChI=1S/C17H12Cl2F2N4O.C3H3ClO.C2H6/c18-10-1-2-11(20)13(14(10)19)17(5-22-6-17)25-8-3-9-15(12(21)4-8)23-7-24-16(9)26;1-2-3(4)5;1-2/h1-4,7,22,25H,5-6H2,(H,23,24,26);2H,1H2;1-2H3. The summed E-state index contributed by atoms with van der Waals surface area (Å²) in [6.45, 7) is 7.79. The predicted octanol–water partition coefficient (Wildman–Crippen LogP) is 5.38. The van der Waals surface area contributed by atoms with E-state index < -0.39 is 28.0 Å². The van der Waals surface area contributed by atoms with Crippen LogP contribution < -0.4 is 16.2 Å². The highest BCUT2D eigenvalue weighted by Crippen LogP contribution is 2.40. The van der Waals surface area contributed by atoms with Gasteiger partial charge < -0.3 is 15.6 Å². The van der Waals surface area contributed by atoms with E-state index in [2.05, 4.69) is 27.2 Å². The molecule has 0 radical (unpaired) electrons. The molecule has 3 N–H and O–H groups in total. The van der Waals surface area contributed by atoms with Crippen molar-refractivity contribution in [1.82, 2.24) is 15.3 Å². The van der Waals surface area contributed by atoms with Gasteiger partial charge in [0.2, 0.25) is 5.24 Å². The third-order valence-corrected chi connectivity index (χ3v) is 5.58. The molecule has 1 aliphatic rings. The lowest BCUT2D eigenvalue weighted by Gasteiger charge is -2.45. The van der Waals surface area contributed by atoms with Gasteiger partial charge in [0.1, 0.15) is 11.3 Å². The molecule has 11 heteroatoms. The number of H-pyrrole nitrogens is 1. The second kappa shape index (κ2) is 11.6. The zero-order valence-electron chi connectivity index (χ0n) is 17.7. The highest BCUT2D eigenvalue weighted by atomic mass is 35.5. The molecule has 176 valence electrons. The number of carbonyl (C=O) groups excluding carboxylic acids is 1. The van der Waals surface area contributed by atoms with Gasteiger partial charge in [-0.25, -0.2) is 13.8 Å². The molecular formula is C22H21Cl3F2N4O2. The molecule has 0 atom stereocenters. The summed E-state index contributed by atoms with van der Waals surface area (Å²) in [5.41, 5.74) is -0.907. The first-order chi connectivity index (χ1) is 15.7. The number of anilines is 1. The second-order valence-corrected chi connectivity index (χ2v) is 7.78. The molecule has 0 amide bonds. The van der Waals surface area contributed by atoms with E-state index in [0.717, 1.165) is 12.4 Å². The topological polar surface area (TPSA) is 86.9 Å². The number of allylic oxidation sites excluding steroid dienone is 1. The van der Waals surface area contributed by atoms with Gasteiger partial charge in [-0.15, -0.1) is 0 Å². The number of carbonyl (C=O) groups is 1. The van der Waals surface area contributed by atoms with Crippen molar-refractivity contribution in [2.24, 2.45) is 0 Å². The lowest BCUT2D eigenvalue weighted by atomic mass is 9.83. The van der Waals surface area contributed by atoms with Gasteiger partial charge in [0.05, 0.1) is 27.3 Å². The Balaban J connectivity index is 0.000000489. The van der Waals surface area contributed by atoms with Crippen LogP contribution in [0.1, 0.15) is 19.4 Å². The number of hydrogen-bond acceptors (Lipinski definition) is 5. The van der Waals surface area contributed by atoms with Crippen molar-refractivity contribution in [1.29, 1.82) is 0 Å². The Morgan fingerprint density at radius 3 is 2.39 bits per heavy atom. The number of benzene rings is 2. The minimum Gasteiger partial charge on any atom is -0.373 e. The molecule has 2 aromatic carbocycles. The minimum absolute atomic E-state index is 0.0351. The minimum atomic E-state index is -0.916. The summed E-state index contributed by atoms with van der Waals surface area (Å²) < 4.78 is 28.9. The van der Waals surface area contributed by atoms with Crippen LogP contribution in [0, 0.1) is 11.6 Å². The van der Waals surface area contributed by atoms with Crippen molar-refractivity contribution in [3.63, 3.8) is 0 Å². The molecule has 1 aliphatic heterocycles. The van der Waals surface area contributed by atoms with Gasteiger partial charge in [-0.1, -0.05) is 43.6 Å². The number of aromatic amines is 1. The Labute approximate surface area is 204 Å². The molecule has 0 saturated carbocycles. The van der Waals surface area contributed by atoms with Crippen molar-refractivity contribution >= 4 is 56.6 Å². The van der Waals surface area contributed by atoms with E-state index in [4.69, 9.17) is 34.8 Å². The molecule has 0 unspecified atom stereocenters. The van der Waals surface area contributed by atoms with Gasteiger partial charge in [0, 0.05) is 24.3 Å². The molecule has 1 fully saturated rings. The Bertz CT molecular complexity index is 1230. The first-order valence-electron chi connectivity index (χ1n) is 9.80. The molecule has 0 bridgehead atoms. The maximum atomic E-state index is 14.5. The summed E-state index contributed by atoms with van der Waals surface area (Å²) in [6.07, 6.45) is 2.18. The summed E-state index contributed by atoms with van der Waals surface area (Å²) in [5, 5.41) is 6.07. The fourth-order valence-electron chi connectivity index (χ4n) is 3.15. The molecule has 0 spiro atoms. The van der Waals surface area contributed by atoms with Crippen molar-refractivity contribution < 1.29 is 13.6 Å². The Hall–Kier alpha value is -2.52. The Kier molecular flexibility index (Phi) is 9.36. The number of halogens is 5. The zero-order valence-corrected chi connectivity index (χ0v) is 20.0. The number of fused-ring (bicyclic) bond motifs is 1. The van der Waals surface area contributed by atoms with Crippen molar-refractivity contribution in [2.45, 2.75) is 19.4 Å². The second-order valence-electron chi connectivity index (χ2n) is 6.62. The quantitative estimate of drug-likeness (QED) is 0.246. The lowest BCUT2D eigenvalue weighted by Crippen LogP contribution is -2.62. The zero-order chi connectivity index (χ0) is 24.8. The van der Waals surface area contributed by atoms with Crippen LogP contribution >= 0.6 is 34.8 Å². The van der Waals surface area contributed by atoms with E-state index in [1.165, 1.54) is 24.3 Å². The number of aromatic nitrogens is 2. The monoisotopic (exact) mass is 516 g/mol. The fourth-order valence-corrected chi connectivity index (χ4v) is 3.65. The van der Waals surface area contributed by atoms with Crippen LogP contribution in [0.3, 0.4) is 0 Å². The number of nitrogens with zero attached hydrogens (tertiary/aromatic N) is 1. The molecule has 6 nitrogen and oxygen atoms in total. The number of nitrogens with one attached hydrogen (secondary N) is 3. The van der Waals surface area contributed by atoms with Crippen molar-refractivity contribution in [3.05, 3.63) is 80.8 Å². The molecule has 33 heavy (non-hydrogen) atoms. The van der Waals surface area contributed by atoms with Crippen LogP contribution in [0.15, 0.2) is 48.0 Å². The maximum absolute atomic E-state index is 14.5. The summed E-state index contributed by atoms with van der Waals surface area (Å²) in [4.78, 5) is 27.7. The van der Waals surface area contributed by atoms with Crippen LogP contribution in [0.2, 0.25) is 10.0 Å². The third-order valence-electron chi connectivity index (χ3n) is 4.62. The first-order valence-corrected chi connectivity index (χ1v) is 10.9. The molecule has 4 rings (SSSR count). The van der Waals surface area contributed by atoms with Crippen LogP contribution in [-0.4, -0.2) is 28.3 Å². The smallest absolute Gasteiger partial charge is 0.258 e. The highest BCUT2D eigenvalue weighted by molar-refractivity contribution is 6.66. The van der Waals surface area contributed by atoms with Gasteiger partial charge in [-0.3, -0.25) is 9.59 Å². The van der Waals surface area contributed by atoms with Gasteiger partial charge in [0.15, 0.2) is 5.82 Å². The van der Waals surface area contributed by atoms with Crippen LogP contribution in [0.4, 0.5) is 14.5 Å². The van der Waals surface area contributed by atoms with Gasteiger partial charge in [-0.05, 0) is 41.9 Å². The predicted molar refractivity (Wildman–Crippen MR) is 129 cm³/mol. The van der Waals surface area contributed by atoms with E-state index in [9.17, 15) is 18.4 Å². The van der Waals surface area contributed by atoms with Crippen molar-refractivity contribution in [3.8, 4) is 0 Å². The SMILES string of the molecule is C=CC(=O)Cl.CC.O=c1[nH]cnc2c(F)cc(NC3(c4c(F)ccc(Cl)c4Cl)CNC3)cc12. The number of rotatable bonds is 4. The first kappa shape index (κ1) is 26.7. The molecule has 2 heterocycles. The molecule has 1 aromatic heterocycles. The highest BCUT2D eigenvalue weighted by Gasteiger charge is 2.43. The van der Waals surface area contributed by atoms with Gasteiger partial charge >= 0.3 is 0 Å². The average molecular weight is 518 g/mol. The number of hydrogen-bond donors (Lipinski definition) is 3. The van der Waals surface area contributed by atoms with Crippen LogP contribution in [0.5, 0.6) is 0 Å². The summed E-state index contributed by atoms with van der Waals surface area (Å²) >= 11 is 17.0. The summed E-state index contributed by atoms with van der Waals surface area (Å²) in [6, 6.07) is 5.30. The normalized spacial score (nSPS) is 13.5. The van der Waals surface area contributed by atoms with Crippen LogP contribution in [0.25, 0.3) is 10.9 Å². The van der Waals surface area contributed by atoms with E-state index in [0.29, 0.717) is 18.8 Å². The van der Waals surface area contributed by atoms with E-state index in [1.807, 2.05) is 13.8 Å². The van der Waals surface area contributed by atoms with Crippen molar-refractivity contribution in [2.75, 3.05) is 18.4 Å². The van der Waals surface area contributed by atoms with E-state index in [1.54, 1.807) is 0 Å². The van der Waals surface area contributed by atoms with Gasteiger partial charge in [0.25, 0.3) is 5.56 Å². The fraction of sp³-hybridized carbons (Fsp3) is 0.227.